The second-order valence-electron chi connectivity index (χ2n) is 7.51. The van der Waals surface area contributed by atoms with E-state index in [1.165, 1.54) is 4.31 Å². The molecule has 0 fully saturated rings. The average molecular weight is 423 g/mol. The first kappa shape index (κ1) is 20.4. The maximum Gasteiger partial charge on any atom is 0.265 e. The number of benzene rings is 3. The van der Waals surface area contributed by atoms with Crippen LogP contribution >= 0.6 is 0 Å². The second-order valence-corrected chi connectivity index (χ2v) is 9.34. The molecule has 0 atom stereocenters. The van der Waals surface area contributed by atoms with Crippen LogP contribution in [0, 0.1) is 13.8 Å². The largest absolute Gasteiger partial charge is 0.494 e. The molecule has 1 heterocycles. The molecular weight excluding hydrogens is 396 g/mol. The van der Waals surface area contributed by atoms with Gasteiger partial charge in [-0.3, -0.25) is 9.30 Å². The monoisotopic (exact) mass is 422 g/mol. The minimum absolute atomic E-state index is 0.282. The van der Waals surface area contributed by atoms with E-state index in [0.717, 1.165) is 21.9 Å². The van der Waals surface area contributed by atoms with Crippen LogP contribution in [0.4, 0.5) is 0 Å². The van der Waals surface area contributed by atoms with Crippen LogP contribution < -0.4 is 4.74 Å². The lowest BCUT2D eigenvalue weighted by atomic mass is 10.0. The maximum absolute atomic E-state index is 13.6. The third-order valence-corrected chi connectivity index (χ3v) is 7.42. The van der Waals surface area contributed by atoms with Gasteiger partial charge in [-0.2, -0.15) is 0 Å². The number of rotatable bonds is 6. The molecule has 5 nitrogen and oxygen atoms in total. The van der Waals surface area contributed by atoms with Gasteiger partial charge in [0.15, 0.2) is 0 Å². The first-order chi connectivity index (χ1) is 14.4. The smallest absolute Gasteiger partial charge is 0.265 e. The number of ether oxygens (including phenoxy) is 1. The van der Waals surface area contributed by atoms with Gasteiger partial charge in [0.2, 0.25) is 0 Å². The lowest BCUT2D eigenvalue weighted by molar-refractivity contribution is 0.336. The van der Waals surface area contributed by atoms with Gasteiger partial charge in [0, 0.05) is 12.5 Å². The fourth-order valence-electron chi connectivity index (χ4n) is 4.02. The molecule has 0 amide bonds. The lowest BCUT2D eigenvalue weighted by Crippen LogP contribution is -2.35. The van der Waals surface area contributed by atoms with Gasteiger partial charge in [-0.25, -0.2) is 8.42 Å². The number of nitrogens with zero attached hydrogens (tertiary/aromatic N) is 2. The summed E-state index contributed by atoms with van der Waals surface area (Å²) in [5.41, 5.74) is 2.72. The van der Waals surface area contributed by atoms with E-state index >= 15 is 0 Å². The summed E-state index contributed by atoms with van der Waals surface area (Å²) in [7, 11) is -3.73. The summed E-state index contributed by atoms with van der Waals surface area (Å²) < 4.78 is 34.3. The predicted octanol–water partition coefficient (Wildman–Crippen LogP) is 4.50. The van der Waals surface area contributed by atoms with E-state index in [4.69, 9.17) is 4.74 Å². The number of aliphatic imine (C=N–C) groups is 1. The Labute approximate surface area is 178 Å². The van der Waals surface area contributed by atoms with Gasteiger partial charge in [-0.15, -0.1) is 0 Å². The number of aryl methyl sites for hydroxylation is 2. The molecule has 4 rings (SSSR count). The fraction of sp³-hybridized carbons (Fsp3) is 0.292. The third kappa shape index (κ3) is 3.67. The molecule has 0 N–H and O–H groups in total. The Balaban J connectivity index is 1.70. The standard InChI is InChI=1S/C24H26N2O3S/c1-4-29-22-16-23(18(3)14-17(22)2)30(27,28)26-13-12-25-24(26)15-20-10-7-9-19-8-5-6-11-21(19)20/h5-11,14,16H,4,12-13,15H2,1-3H3. The van der Waals surface area contributed by atoms with E-state index in [-0.39, 0.29) is 4.90 Å². The summed E-state index contributed by atoms with van der Waals surface area (Å²) >= 11 is 0. The molecule has 0 radical (unpaired) electrons. The van der Waals surface area contributed by atoms with Crippen molar-refractivity contribution in [2.75, 3.05) is 19.7 Å². The van der Waals surface area contributed by atoms with Crippen molar-refractivity contribution in [2.24, 2.45) is 4.99 Å². The van der Waals surface area contributed by atoms with E-state index in [1.807, 2.05) is 51.1 Å². The van der Waals surface area contributed by atoms with Gasteiger partial charge in [0.25, 0.3) is 10.0 Å². The van der Waals surface area contributed by atoms with Crippen molar-refractivity contribution in [3.8, 4) is 5.75 Å². The second kappa shape index (κ2) is 8.11. The minimum Gasteiger partial charge on any atom is -0.494 e. The van der Waals surface area contributed by atoms with E-state index in [2.05, 4.69) is 23.2 Å². The Kier molecular flexibility index (Phi) is 5.52. The molecule has 0 aromatic heterocycles. The predicted molar refractivity (Wildman–Crippen MR) is 121 cm³/mol. The van der Waals surface area contributed by atoms with Crippen molar-refractivity contribution in [2.45, 2.75) is 32.1 Å². The lowest BCUT2D eigenvalue weighted by Gasteiger charge is -2.23. The van der Waals surface area contributed by atoms with Crippen molar-refractivity contribution in [3.63, 3.8) is 0 Å². The van der Waals surface area contributed by atoms with Gasteiger partial charge in [-0.05, 0) is 48.2 Å². The Bertz CT molecular complexity index is 1230. The Morgan fingerprint density at radius 1 is 1.03 bits per heavy atom. The summed E-state index contributed by atoms with van der Waals surface area (Å²) in [6, 6.07) is 17.8. The molecule has 1 aliphatic rings. The molecule has 0 unspecified atom stereocenters. The highest BCUT2D eigenvalue weighted by Gasteiger charge is 2.32. The van der Waals surface area contributed by atoms with E-state index in [0.29, 0.717) is 43.3 Å². The summed E-state index contributed by atoms with van der Waals surface area (Å²) in [6.45, 7) is 6.97. The van der Waals surface area contributed by atoms with Crippen molar-refractivity contribution in [1.82, 2.24) is 4.31 Å². The van der Waals surface area contributed by atoms with Gasteiger partial charge in [0.1, 0.15) is 11.6 Å². The Morgan fingerprint density at radius 2 is 1.80 bits per heavy atom. The van der Waals surface area contributed by atoms with Crippen LogP contribution in [-0.2, 0) is 16.4 Å². The highest BCUT2D eigenvalue weighted by atomic mass is 32.2. The molecule has 0 bridgehead atoms. The molecule has 1 aliphatic heterocycles. The quantitative estimate of drug-likeness (QED) is 0.588. The van der Waals surface area contributed by atoms with Crippen LogP contribution in [0.2, 0.25) is 0 Å². The van der Waals surface area contributed by atoms with Crippen molar-refractivity contribution in [1.29, 1.82) is 0 Å². The van der Waals surface area contributed by atoms with Crippen molar-refractivity contribution < 1.29 is 13.2 Å². The molecule has 156 valence electrons. The van der Waals surface area contributed by atoms with E-state index in [9.17, 15) is 8.42 Å². The Morgan fingerprint density at radius 3 is 2.60 bits per heavy atom. The summed E-state index contributed by atoms with van der Waals surface area (Å²) in [6.07, 6.45) is 0.476. The van der Waals surface area contributed by atoms with Gasteiger partial charge >= 0.3 is 0 Å². The fourth-order valence-corrected chi connectivity index (χ4v) is 5.70. The van der Waals surface area contributed by atoms with Gasteiger partial charge in [0.05, 0.1) is 24.6 Å². The van der Waals surface area contributed by atoms with Crippen LogP contribution in [0.25, 0.3) is 10.8 Å². The van der Waals surface area contributed by atoms with Crippen LogP contribution in [0.1, 0.15) is 23.6 Å². The molecule has 3 aromatic rings. The number of hydrogen-bond donors (Lipinski definition) is 0. The van der Waals surface area contributed by atoms with Gasteiger partial charge in [-0.1, -0.05) is 48.5 Å². The Hall–Kier alpha value is -2.86. The third-order valence-electron chi connectivity index (χ3n) is 5.45. The molecule has 0 saturated carbocycles. The van der Waals surface area contributed by atoms with Crippen LogP contribution in [0.15, 0.2) is 64.5 Å². The highest BCUT2D eigenvalue weighted by molar-refractivity contribution is 7.89. The average Bonchev–Trinajstić information content (AvgIpc) is 3.19. The summed E-state index contributed by atoms with van der Waals surface area (Å²) in [5, 5.41) is 2.26. The van der Waals surface area contributed by atoms with Crippen molar-refractivity contribution >= 4 is 26.6 Å². The number of fused-ring (bicyclic) bond motifs is 1. The van der Waals surface area contributed by atoms with Crippen LogP contribution in [-0.4, -0.2) is 38.3 Å². The molecule has 0 saturated heterocycles. The van der Waals surface area contributed by atoms with E-state index in [1.54, 1.807) is 6.07 Å². The minimum atomic E-state index is -3.73. The molecule has 0 aliphatic carbocycles. The van der Waals surface area contributed by atoms with Crippen LogP contribution in [0.5, 0.6) is 5.75 Å². The zero-order chi connectivity index (χ0) is 21.3. The topological polar surface area (TPSA) is 59.0 Å². The summed E-state index contributed by atoms with van der Waals surface area (Å²) in [5.74, 6) is 1.19. The zero-order valence-electron chi connectivity index (χ0n) is 17.6. The first-order valence-electron chi connectivity index (χ1n) is 10.2. The summed E-state index contributed by atoms with van der Waals surface area (Å²) in [4.78, 5) is 4.83. The number of amidine groups is 1. The molecule has 0 spiro atoms. The highest BCUT2D eigenvalue weighted by Crippen LogP contribution is 2.30. The molecule has 6 heteroatoms. The van der Waals surface area contributed by atoms with E-state index < -0.39 is 10.0 Å². The molecule has 30 heavy (non-hydrogen) atoms. The maximum atomic E-state index is 13.6. The zero-order valence-corrected chi connectivity index (χ0v) is 18.4. The van der Waals surface area contributed by atoms with Crippen LogP contribution in [0.3, 0.4) is 0 Å². The number of hydrogen-bond acceptors (Lipinski definition) is 4. The first-order valence-corrected chi connectivity index (χ1v) is 11.6. The molecular formula is C24H26N2O3S. The van der Waals surface area contributed by atoms with Crippen molar-refractivity contribution in [3.05, 3.63) is 71.3 Å². The molecule has 3 aromatic carbocycles. The number of sulfonamides is 1. The SMILES string of the molecule is CCOc1cc(S(=O)(=O)N2CCN=C2Cc2cccc3ccccc23)c(C)cc1C. The van der Waals surface area contributed by atoms with Gasteiger partial charge < -0.3 is 4.74 Å². The normalized spacial score (nSPS) is 14.2.